The molecule has 140 valence electrons. The quantitative estimate of drug-likeness (QED) is 0.631. The van der Waals surface area contributed by atoms with Crippen molar-refractivity contribution >= 4 is 22.7 Å². The SMILES string of the molecule is COCCN(C)Cc1ccc(N=Cc2c(O)[nH]c(=O)c3ccccc23)cc1. The average Bonchev–Trinajstić information content (AvgIpc) is 2.67. The zero-order valence-electron chi connectivity index (χ0n) is 15.5. The van der Waals surface area contributed by atoms with Crippen molar-refractivity contribution in [2.45, 2.75) is 6.54 Å². The first-order valence-electron chi connectivity index (χ1n) is 8.73. The van der Waals surface area contributed by atoms with E-state index in [-0.39, 0.29) is 11.4 Å². The highest BCUT2D eigenvalue weighted by molar-refractivity contribution is 6.01. The highest BCUT2D eigenvalue weighted by Crippen LogP contribution is 2.22. The fourth-order valence-electron chi connectivity index (χ4n) is 2.88. The maximum absolute atomic E-state index is 11.9. The van der Waals surface area contributed by atoms with Gasteiger partial charge in [-0.15, -0.1) is 0 Å². The lowest BCUT2D eigenvalue weighted by Crippen LogP contribution is -2.22. The molecule has 2 N–H and O–H groups in total. The van der Waals surface area contributed by atoms with Gasteiger partial charge in [-0.1, -0.05) is 30.3 Å². The summed E-state index contributed by atoms with van der Waals surface area (Å²) in [5.74, 6) is -0.182. The number of pyridine rings is 1. The van der Waals surface area contributed by atoms with E-state index < -0.39 is 0 Å². The van der Waals surface area contributed by atoms with Gasteiger partial charge in [-0.2, -0.15) is 0 Å². The van der Waals surface area contributed by atoms with Crippen molar-refractivity contribution in [3.8, 4) is 5.88 Å². The Morgan fingerprint density at radius 2 is 1.85 bits per heavy atom. The van der Waals surface area contributed by atoms with E-state index in [0.29, 0.717) is 22.9 Å². The zero-order valence-corrected chi connectivity index (χ0v) is 15.5. The molecule has 27 heavy (non-hydrogen) atoms. The van der Waals surface area contributed by atoms with E-state index in [0.717, 1.165) is 18.8 Å². The first-order valence-corrected chi connectivity index (χ1v) is 8.73. The third-order valence-electron chi connectivity index (χ3n) is 4.36. The number of fused-ring (bicyclic) bond motifs is 1. The second kappa shape index (κ2) is 8.62. The molecular formula is C21H23N3O3. The molecule has 0 bridgehead atoms. The molecule has 0 saturated carbocycles. The Bertz CT molecular complexity index is 994. The minimum absolute atomic E-state index is 0.182. The van der Waals surface area contributed by atoms with Gasteiger partial charge in [0.1, 0.15) is 0 Å². The Balaban J connectivity index is 1.79. The molecule has 0 fully saturated rings. The van der Waals surface area contributed by atoms with Gasteiger partial charge in [0.05, 0.1) is 17.9 Å². The molecule has 0 unspecified atom stereocenters. The number of aromatic hydroxyl groups is 1. The highest BCUT2D eigenvalue weighted by Gasteiger charge is 2.08. The molecular weight excluding hydrogens is 342 g/mol. The Morgan fingerprint density at radius 3 is 2.56 bits per heavy atom. The predicted octanol–water partition coefficient (Wildman–Crippen LogP) is 3.06. The van der Waals surface area contributed by atoms with E-state index >= 15 is 0 Å². The average molecular weight is 365 g/mol. The van der Waals surface area contributed by atoms with Crippen LogP contribution in [0.1, 0.15) is 11.1 Å². The summed E-state index contributed by atoms with van der Waals surface area (Å²) in [4.78, 5) is 21.0. The molecule has 0 amide bonds. The predicted molar refractivity (Wildman–Crippen MR) is 108 cm³/mol. The smallest absolute Gasteiger partial charge is 0.258 e. The summed E-state index contributed by atoms with van der Waals surface area (Å²) >= 11 is 0. The normalized spacial score (nSPS) is 11.7. The molecule has 2 aromatic carbocycles. The molecule has 0 atom stereocenters. The molecule has 0 aliphatic heterocycles. The summed E-state index contributed by atoms with van der Waals surface area (Å²) in [5, 5.41) is 11.3. The van der Waals surface area contributed by atoms with E-state index in [2.05, 4.69) is 21.9 Å². The Morgan fingerprint density at radius 1 is 1.15 bits per heavy atom. The van der Waals surface area contributed by atoms with Crippen LogP contribution in [0.3, 0.4) is 0 Å². The lowest BCUT2D eigenvalue weighted by molar-refractivity contribution is 0.158. The van der Waals surface area contributed by atoms with E-state index in [1.54, 1.807) is 31.5 Å². The number of aromatic nitrogens is 1. The van der Waals surface area contributed by atoms with Crippen LogP contribution < -0.4 is 5.56 Å². The third kappa shape index (κ3) is 4.61. The highest BCUT2D eigenvalue weighted by atomic mass is 16.5. The number of hydrogen-bond acceptors (Lipinski definition) is 5. The van der Waals surface area contributed by atoms with Crippen LogP contribution in [0.25, 0.3) is 10.8 Å². The minimum atomic E-state index is -0.317. The van der Waals surface area contributed by atoms with Gasteiger partial charge >= 0.3 is 0 Å². The first-order chi connectivity index (χ1) is 13.1. The fourth-order valence-corrected chi connectivity index (χ4v) is 2.88. The van der Waals surface area contributed by atoms with Gasteiger partial charge < -0.3 is 9.84 Å². The monoisotopic (exact) mass is 365 g/mol. The van der Waals surface area contributed by atoms with Gasteiger partial charge in [0.25, 0.3) is 5.56 Å². The lowest BCUT2D eigenvalue weighted by atomic mass is 10.1. The molecule has 1 heterocycles. The third-order valence-corrected chi connectivity index (χ3v) is 4.36. The van der Waals surface area contributed by atoms with Crippen molar-refractivity contribution in [1.29, 1.82) is 0 Å². The molecule has 3 aromatic rings. The van der Waals surface area contributed by atoms with Crippen LogP contribution >= 0.6 is 0 Å². The van der Waals surface area contributed by atoms with Crippen molar-refractivity contribution in [2.75, 3.05) is 27.3 Å². The molecule has 0 saturated heterocycles. The second-order valence-electron chi connectivity index (χ2n) is 6.42. The van der Waals surface area contributed by atoms with Crippen molar-refractivity contribution in [3.63, 3.8) is 0 Å². The van der Waals surface area contributed by atoms with Gasteiger partial charge in [0, 0.05) is 37.2 Å². The number of benzene rings is 2. The van der Waals surface area contributed by atoms with Gasteiger partial charge in [-0.25, -0.2) is 0 Å². The van der Waals surface area contributed by atoms with Crippen LogP contribution in [-0.2, 0) is 11.3 Å². The number of nitrogens with one attached hydrogen (secondary N) is 1. The van der Waals surface area contributed by atoms with Crippen LogP contribution in [0.5, 0.6) is 5.88 Å². The largest absolute Gasteiger partial charge is 0.494 e. The summed E-state index contributed by atoms with van der Waals surface area (Å²) in [6, 6.07) is 15.1. The second-order valence-corrected chi connectivity index (χ2v) is 6.42. The number of methoxy groups -OCH3 is 1. The van der Waals surface area contributed by atoms with E-state index in [1.165, 1.54) is 5.56 Å². The molecule has 6 heteroatoms. The first kappa shape index (κ1) is 18.8. The van der Waals surface area contributed by atoms with Gasteiger partial charge in [-0.05, 0) is 30.8 Å². The maximum atomic E-state index is 11.9. The van der Waals surface area contributed by atoms with Crippen LogP contribution in [0.2, 0.25) is 0 Å². The van der Waals surface area contributed by atoms with Crippen molar-refractivity contribution in [3.05, 3.63) is 70.0 Å². The van der Waals surface area contributed by atoms with Gasteiger partial charge in [0.2, 0.25) is 5.88 Å². The summed E-state index contributed by atoms with van der Waals surface area (Å²) in [7, 11) is 3.75. The Labute approximate surface area is 157 Å². The molecule has 6 nitrogen and oxygen atoms in total. The number of likely N-dealkylation sites (N-methyl/N-ethyl adjacent to an activating group) is 1. The summed E-state index contributed by atoms with van der Waals surface area (Å²) in [5.41, 5.74) is 2.13. The molecule has 3 rings (SSSR count). The van der Waals surface area contributed by atoms with E-state index in [9.17, 15) is 9.90 Å². The number of aromatic amines is 1. The summed E-state index contributed by atoms with van der Waals surface area (Å²) in [6.07, 6.45) is 1.58. The van der Waals surface area contributed by atoms with Gasteiger partial charge in [-0.3, -0.25) is 19.7 Å². The van der Waals surface area contributed by atoms with Crippen molar-refractivity contribution in [1.82, 2.24) is 9.88 Å². The molecule has 1 aromatic heterocycles. The van der Waals surface area contributed by atoms with Crippen LogP contribution in [0, 0.1) is 0 Å². The fraction of sp³-hybridized carbons (Fsp3) is 0.238. The number of H-pyrrole nitrogens is 1. The summed E-state index contributed by atoms with van der Waals surface area (Å²) in [6.45, 7) is 2.41. The Hall–Kier alpha value is -2.96. The summed E-state index contributed by atoms with van der Waals surface area (Å²) < 4.78 is 5.09. The lowest BCUT2D eigenvalue weighted by Gasteiger charge is -2.15. The maximum Gasteiger partial charge on any atom is 0.258 e. The molecule has 0 spiro atoms. The number of nitrogens with zero attached hydrogens (tertiary/aromatic N) is 2. The number of ether oxygens (including phenoxy) is 1. The van der Waals surface area contributed by atoms with Crippen molar-refractivity contribution < 1.29 is 9.84 Å². The molecule has 0 aliphatic carbocycles. The topological polar surface area (TPSA) is 77.9 Å². The number of hydrogen-bond donors (Lipinski definition) is 2. The van der Waals surface area contributed by atoms with Gasteiger partial charge in [0.15, 0.2) is 0 Å². The van der Waals surface area contributed by atoms with Crippen LogP contribution in [0.4, 0.5) is 5.69 Å². The standard InChI is InChI=1S/C21H23N3O3/c1-24(11-12-27-2)14-15-7-9-16(10-8-15)22-13-19-17-5-3-4-6-18(17)20(25)23-21(19)26/h3-10,13H,11-12,14H2,1-2H3,(H2,23,25,26). The van der Waals surface area contributed by atoms with Crippen LogP contribution in [0.15, 0.2) is 58.3 Å². The Kier molecular flexibility index (Phi) is 6.01. The zero-order chi connectivity index (χ0) is 19.2. The number of aliphatic imine (C=N–C) groups is 1. The molecule has 0 aliphatic rings. The van der Waals surface area contributed by atoms with E-state index in [4.69, 9.17) is 4.74 Å². The molecule has 0 radical (unpaired) electrons. The van der Waals surface area contributed by atoms with Crippen molar-refractivity contribution in [2.24, 2.45) is 4.99 Å². The van der Waals surface area contributed by atoms with E-state index in [1.807, 2.05) is 30.3 Å². The number of rotatable bonds is 7. The van der Waals surface area contributed by atoms with Crippen LogP contribution in [-0.4, -0.2) is 48.5 Å². The minimum Gasteiger partial charge on any atom is -0.494 e.